The van der Waals surface area contributed by atoms with E-state index in [-0.39, 0.29) is 11.0 Å². The molecule has 0 unspecified atom stereocenters. The molecule has 1 heterocycles. The molecule has 0 saturated heterocycles. The molecular formula is C17H13Cl2N3O2S2. The summed E-state index contributed by atoms with van der Waals surface area (Å²) in [7, 11) is 0. The summed E-state index contributed by atoms with van der Waals surface area (Å²) in [5.74, 6) is 0.377. The first-order valence-corrected chi connectivity index (χ1v) is 9.55. The van der Waals surface area contributed by atoms with Gasteiger partial charge in [-0.1, -0.05) is 34.5 Å². The average molecular weight is 426 g/mol. The maximum absolute atomic E-state index is 12.3. The first-order valence-electron chi connectivity index (χ1n) is 7.57. The lowest BCUT2D eigenvalue weighted by molar-refractivity contribution is 0.0977. The number of anilines is 1. The molecule has 0 radical (unpaired) electrons. The number of carbonyl (C=O) groups excluding carboxylic acids is 1. The molecule has 0 aliphatic rings. The molecule has 1 amide bonds. The Hall–Kier alpha value is -1.93. The van der Waals surface area contributed by atoms with Crippen molar-refractivity contribution < 1.29 is 9.53 Å². The molecule has 0 aliphatic carbocycles. The number of nitrogens with one attached hydrogen (secondary N) is 2. The second-order valence-electron chi connectivity index (χ2n) is 5.09. The van der Waals surface area contributed by atoms with Crippen LogP contribution in [0, 0.1) is 0 Å². The van der Waals surface area contributed by atoms with Crippen molar-refractivity contribution in [1.29, 1.82) is 0 Å². The standard InChI is InChI=1S/C17H13Cl2N3O2S2/c1-2-24-10-5-3-9(4-6-10)15(23)21-16(25)22-17-20-14-12(26-17)8-7-11(18)13(14)19/h3-8H,2H2,1H3,(H2,20,21,22,23,25). The molecule has 1 aromatic heterocycles. The number of benzene rings is 2. The van der Waals surface area contributed by atoms with Gasteiger partial charge in [0.2, 0.25) is 0 Å². The summed E-state index contributed by atoms with van der Waals surface area (Å²) in [6.45, 7) is 2.46. The summed E-state index contributed by atoms with van der Waals surface area (Å²) in [6, 6.07) is 10.3. The normalized spacial score (nSPS) is 10.6. The fraction of sp³-hybridized carbons (Fsp3) is 0.118. The molecule has 3 aromatic rings. The van der Waals surface area contributed by atoms with Gasteiger partial charge in [0.15, 0.2) is 10.2 Å². The van der Waals surface area contributed by atoms with Crippen LogP contribution in [-0.4, -0.2) is 22.6 Å². The van der Waals surface area contributed by atoms with E-state index in [2.05, 4.69) is 15.6 Å². The third kappa shape index (κ3) is 4.24. The van der Waals surface area contributed by atoms with Gasteiger partial charge in [-0.25, -0.2) is 4.98 Å². The molecule has 2 aromatic carbocycles. The van der Waals surface area contributed by atoms with Crippen LogP contribution in [0.2, 0.25) is 10.0 Å². The molecule has 0 atom stereocenters. The Kier molecular flexibility index (Phi) is 5.93. The van der Waals surface area contributed by atoms with Crippen molar-refractivity contribution in [1.82, 2.24) is 10.3 Å². The Labute approximate surface area is 169 Å². The first-order chi connectivity index (χ1) is 12.5. The van der Waals surface area contributed by atoms with E-state index in [0.717, 1.165) is 4.70 Å². The number of ether oxygens (including phenoxy) is 1. The van der Waals surface area contributed by atoms with Crippen LogP contribution in [0.3, 0.4) is 0 Å². The van der Waals surface area contributed by atoms with Crippen LogP contribution in [0.4, 0.5) is 5.13 Å². The number of thiocarbonyl (C=S) groups is 1. The monoisotopic (exact) mass is 425 g/mol. The third-order valence-corrected chi connectivity index (χ3v) is 5.26. The second-order valence-corrected chi connectivity index (χ2v) is 7.32. The van der Waals surface area contributed by atoms with Crippen LogP contribution in [0.15, 0.2) is 36.4 Å². The molecule has 5 nitrogen and oxygen atoms in total. The number of halogens is 2. The van der Waals surface area contributed by atoms with Crippen LogP contribution < -0.4 is 15.4 Å². The molecule has 9 heteroatoms. The van der Waals surface area contributed by atoms with Gasteiger partial charge in [0.05, 0.1) is 21.4 Å². The molecule has 0 aliphatic heterocycles. The van der Waals surface area contributed by atoms with Crippen LogP contribution in [-0.2, 0) is 0 Å². The maximum atomic E-state index is 12.3. The number of thiazole rings is 1. The van der Waals surface area contributed by atoms with E-state index >= 15 is 0 Å². The van der Waals surface area contributed by atoms with Gasteiger partial charge >= 0.3 is 0 Å². The highest BCUT2D eigenvalue weighted by Gasteiger charge is 2.13. The highest BCUT2D eigenvalue weighted by Crippen LogP contribution is 2.35. The minimum Gasteiger partial charge on any atom is -0.494 e. The predicted octanol–water partition coefficient (Wildman–Crippen LogP) is 5.13. The number of hydrogen-bond donors (Lipinski definition) is 2. The van der Waals surface area contributed by atoms with Crippen molar-refractivity contribution in [3.63, 3.8) is 0 Å². The van der Waals surface area contributed by atoms with E-state index < -0.39 is 0 Å². The summed E-state index contributed by atoms with van der Waals surface area (Å²) in [6.07, 6.45) is 0. The smallest absolute Gasteiger partial charge is 0.257 e. The summed E-state index contributed by atoms with van der Waals surface area (Å²) in [4.78, 5) is 16.6. The largest absolute Gasteiger partial charge is 0.494 e. The molecule has 0 saturated carbocycles. The minimum atomic E-state index is -0.326. The van der Waals surface area contributed by atoms with E-state index in [1.807, 2.05) is 13.0 Å². The van der Waals surface area contributed by atoms with Gasteiger partial charge < -0.3 is 10.1 Å². The molecular weight excluding hydrogens is 413 g/mol. The topological polar surface area (TPSA) is 63.2 Å². The van der Waals surface area contributed by atoms with Crippen molar-refractivity contribution in [2.45, 2.75) is 6.92 Å². The number of fused-ring (bicyclic) bond motifs is 1. The molecule has 0 spiro atoms. The number of hydrogen-bond acceptors (Lipinski definition) is 5. The van der Waals surface area contributed by atoms with Crippen LogP contribution in [0.25, 0.3) is 10.2 Å². The van der Waals surface area contributed by atoms with Gasteiger partial charge in [-0.15, -0.1) is 0 Å². The highest BCUT2D eigenvalue weighted by atomic mass is 35.5. The van der Waals surface area contributed by atoms with Crippen molar-refractivity contribution in [2.75, 3.05) is 11.9 Å². The fourth-order valence-corrected chi connectivity index (χ4v) is 3.71. The van der Waals surface area contributed by atoms with Gasteiger partial charge in [-0.3, -0.25) is 10.1 Å². The summed E-state index contributed by atoms with van der Waals surface area (Å²) >= 11 is 18.7. The van der Waals surface area contributed by atoms with E-state index in [1.165, 1.54) is 11.3 Å². The van der Waals surface area contributed by atoms with Gasteiger partial charge in [-0.05, 0) is 55.5 Å². The van der Waals surface area contributed by atoms with Crippen molar-refractivity contribution in [3.8, 4) is 5.75 Å². The van der Waals surface area contributed by atoms with Gasteiger partial charge in [0.25, 0.3) is 5.91 Å². The lowest BCUT2D eigenvalue weighted by atomic mass is 10.2. The van der Waals surface area contributed by atoms with Gasteiger partial charge in [-0.2, -0.15) is 0 Å². The van der Waals surface area contributed by atoms with Crippen LogP contribution >= 0.6 is 46.8 Å². The lowest BCUT2D eigenvalue weighted by Crippen LogP contribution is -2.34. The molecule has 2 N–H and O–H groups in total. The van der Waals surface area contributed by atoms with E-state index in [4.69, 9.17) is 40.2 Å². The Balaban J connectivity index is 1.66. The minimum absolute atomic E-state index is 0.144. The zero-order valence-electron chi connectivity index (χ0n) is 13.5. The Morgan fingerprint density at radius 3 is 2.65 bits per heavy atom. The Bertz CT molecular complexity index is 974. The van der Waals surface area contributed by atoms with Crippen LogP contribution in [0.5, 0.6) is 5.75 Å². The van der Waals surface area contributed by atoms with Gasteiger partial charge in [0.1, 0.15) is 11.3 Å². The molecule has 0 bridgehead atoms. The highest BCUT2D eigenvalue weighted by molar-refractivity contribution is 7.80. The molecule has 134 valence electrons. The summed E-state index contributed by atoms with van der Waals surface area (Å²) in [5, 5.41) is 6.98. The van der Waals surface area contributed by atoms with E-state index in [9.17, 15) is 4.79 Å². The Morgan fingerprint density at radius 1 is 1.23 bits per heavy atom. The molecule has 3 rings (SSSR count). The van der Waals surface area contributed by atoms with Crippen molar-refractivity contribution >= 4 is 73.1 Å². The molecule has 0 fully saturated rings. The first kappa shape index (κ1) is 18.8. The molecule has 26 heavy (non-hydrogen) atoms. The van der Waals surface area contributed by atoms with Crippen molar-refractivity contribution in [2.24, 2.45) is 0 Å². The summed E-state index contributed by atoms with van der Waals surface area (Å²) < 4.78 is 6.21. The number of nitrogens with zero attached hydrogens (tertiary/aromatic N) is 1. The SMILES string of the molecule is CCOc1ccc(C(=O)NC(=S)Nc2nc3c(Cl)c(Cl)ccc3s2)cc1. The van der Waals surface area contributed by atoms with Gasteiger partial charge in [0, 0.05) is 5.56 Å². The predicted molar refractivity (Wildman–Crippen MR) is 111 cm³/mol. The zero-order valence-corrected chi connectivity index (χ0v) is 16.7. The number of aromatic nitrogens is 1. The van der Waals surface area contributed by atoms with E-state index in [0.29, 0.717) is 38.6 Å². The zero-order chi connectivity index (χ0) is 18.7. The maximum Gasteiger partial charge on any atom is 0.257 e. The number of carbonyl (C=O) groups is 1. The lowest BCUT2D eigenvalue weighted by Gasteiger charge is -2.08. The van der Waals surface area contributed by atoms with Crippen LogP contribution in [0.1, 0.15) is 17.3 Å². The number of amides is 1. The second kappa shape index (κ2) is 8.18. The summed E-state index contributed by atoms with van der Waals surface area (Å²) in [5.41, 5.74) is 1.06. The van der Waals surface area contributed by atoms with E-state index in [1.54, 1.807) is 30.3 Å². The van der Waals surface area contributed by atoms with Crippen molar-refractivity contribution in [3.05, 3.63) is 52.0 Å². The quantitative estimate of drug-likeness (QED) is 0.567. The fourth-order valence-electron chi connectivity index (χ4n) is 2.16. The third-order valence-electron chi connectivity index (χ3n) is 3.33. The Morgan fingerprint density at radius 2 is 1.96 bits per heavy atom. The number of rotatable bonds is 4. The average Bonchev–Trinajstić information content (AvgIpc) is 3.02.